The molecule has 6 nitrogen and oxygen atoms in total. The van der Waals surface area contributed by atoms with Gasteiger partial charge in [-0.25, -0.2) is 5.10 Å². The topological polar surface area (TPSA) is 75.3 Å². The van der Waals surface area contributed by atoms with Crippen molar-refractivity contribution in [2.24, 2.45) is 0 Å². The first kappa shape index (κ1) is 19.8. The van der Waals surface area contributed by atoms with Crippen LogP contribution in [0.4, 0.5) is 0 Å². The molecule has 28 heavy (non-hydrogen) atoms. The van der Waals surface area contributed by atoms with Crippen molar-refractivity contribution in [2.45, 2.75) is 26.3 Å². The molecule has 2 aromatic carbocycles. The minimum absolute atomic E-state index is 0.0534. The summed E-state index contributed by atoms with van der Waals surface area (Å²) in [6.07, 6.45) is 0. The van der Waals surface area contributed by atoms with Crippen molar-refractivity contribution in [2.75, 3.05) is 20.3 Å². The lowest BCUT2D eigenvalue weighted by Gasteiger charge is -2.26. The summed E-state index contributed by atoms with van der Waals surface area (Å²) in [5, 5.41) is 7.95. The molecule has 146 valence electrons. The van der Waals surface area contributed by atoms with Crippen LogP contribution in [0.2, 0.25) is 0 Å². The molecule has 1 aromatic heterocycles. The van der Waals surface area contributed by atoms with Crippen molar-refractivity contribution in [1.82, 2.24) is 15.1 Å². The van der Waals surface area contributed by atoms with Gasteiger partial charge < -0.3 is 9.64 Å². The first-order valence-corrected chi connectivity index (χ1v) is 9.32. The van der Waals surface area contributed by atoms with E-state index in [4.69, 9.17) is 4.74 Å². The monoisotopic (exact) mass is 379 g/mol. The van der Waals surface area contributed by atoms with Gasteiger partial charge in [-0.15, -0.1) is 0 Å². The summed E-state index contributed by atoms with van der Waals surface area (Å²) in [4.78, 5) is 27.1. The van der Waals surface area contributed by atoms with Crippen LogP contribution in [0.5, 0.6) is 0 Å². The van der Waals surface area contributed by atoms with E-state index in [1.807, 2.05) is 50.2 Å². The van der Waals surface area contributed by atoms with Crippen molar-refractivity contribution in [3.05, 3.63) is 75.7 Å². The molecule has 0 fully saturated rings. The zero-order valence-corrected chi connectivity index (χ0v) is 16.4. The molecule has 0 unspecified atom stereocenters. The van der Waals surface area contributed by atoms with Crippen LogP contribution in [-0.2, 0) is 16.1 Å². The number of hydrogen-bond acceptors (Lipinski definition) is 4. The first-order chi connectivity index (χ1) is 13.5. The van der Waals surface area contributed by atoms with Crippen LogP contribution in [0.3, 0.4) is 0 Å². The molecule has 0 bridgehead atoms. The second-order valence-electron chi connectivity index (χ2n) is 6.94. The number of nitrogens with one attached hydrogen (secondary N) is 1. The lowest BCUT2D eigenvalue weighted by molar-refractivity contribution is -0.133. The van der Waals surface area contributed by atoms with Crippen molar-refractivity contribution < 1.29 is 9.53 Å². The lowest BCUT2D eigenvalue weighted by Crippen LogP contribution is -2.36. The van der Waals surface area contributed by atoms with Gasteiger partial charge in [0.25, 0.3) is 5.56 Å². The number of carbonyl (C=O) groups excluding carboxylic acids is 1. The Morgan fingerprint density at radius 3 is 2.50 bits per heavy atom. The molecular formula is C22H25N3O3. The van der Waals surface area contributed by atoms with Crippen LogP contribution in [0.1, 0.15) is 29.7 Å². The van der Waals surface area contributed by atoms with Crippen LogP contribution in [0.15, 0.2) is 53.3 Å². The molecule has 1 N–H and O–H groups in total. The van der Waals surface area contributed by atoms with Gasteiger partial charge in [0, 0.05) is 25.6 Å². The van der Waals surface area contributed by atoms with Crippen molar-refractivity contribution in [1.29, 1.82) is 0 Å². The molecule has 0 aliphatic carbocycles. The maximum Gasteiger partial charge on any atom is 0.272 e. The minimum atomic E-state index is -0.496. The van der Waals surface area contributed by atoms with Crippen LogP contribution in [0.25, 0.3) is 10.8 Å². The van der Waals surface area contributed by atoms with Crippen LogP contribution in [0, 0.1) is 6.92 Å². The number of aromatic nitrogens is 2. The summed E-state index contributed by atoms with van der Waals surface area (Å²) < 4.78 is 5.19. The smallest absolute Gasteiger partial charge is 0.272 e. The number of hydrogen-bond donors (Lipinski definition) is 1. The summed E-state index contributed by atoms with van der Waals surface area (Å²) in [7, 11) is 1.62. The predicted molar refractivity (Wildman–Crippen MR) is 109 cm³/mol. The SMILES string of the molecule is COCCN(Cc1ccc(C)cc1)C(=O)[C@@H](C)c1n[nH]c(=O)c2ccccc12. The Morgan fingerprint density at radius 1 is 1.14 bits per heavy atom. The molecule has 0 aliphatic heterocycles. The third-order valence-corrected chi connectivity index (χ3v) is 4.88. The summed E-state index contributed by atoms with van der Waals surface area (Å²) in [5.41, 5.74) is 2.55. The Bertz CT molecular complexity index is 1010. The number of H-pyrrole nitrogens is 1. The highest BCUT2D eigenvalue weighted by atomic mass is 16.5. The van der Waals surface area contributed by atoms with Gasteiger partial charge in [0.15, 0.2) is 0 Å². The quantitative estimate of drug-likeness (QED) is 0.685. The summed E-state index contributed by atoms with van der Waals surface area (Å²) in [5.74, 6) is -0.550. The standard InChI is InChI=1S/C22H25N3O3/c1-15-8-10-17(11-9-15)14-25(12-13-28-3)22(27)16(2)20-18-6-4-5-7-19(18)21(26)24-23-20/h4-11,16H,12-14H2,1-3H3,(H,24,26)/t16-/m0/s1. The highest BCUT2D eigenvalue weighted by molar-refractivity contribution is 5.91. The minimum Gasteiger partial charge on any atom is -0.383 e. The van der Waals surface area contributed by atoms with E-state index in [9.17, 15) is 9.59 Å². The van der Waals surface area contributed by atoms with E-state index in [0.717, 1.165) is 5.56 Å². The molecule has 1 heterocycles. The highest BCUT2D eigenvalue weighted by Gasteiger charge is 2.25. The average molecular weight is 379 g/mol. The zero-order valence-electron chi connectivity index (χ0n) is 16.4. The first-order valence-electron chi connectivity index (χ1n) is 9.32. The number of fused-ring (bicyclic) bond motifs is 1. The Morgan fingerprint density at radius 2 is 1.82 bits per heavy atom. The van der Waals surface area contributed by atoms with Gasteiger partial charge in [0.2, 0.25) is 5.91 Å². The van der Waals surface area contributed by atoms with E-state index in [1.165, 1.54) is 5.56 Å². The van der Waals surface area contributed by atoms with Crippen LogP contribution < -0.4 is 5.56 Å². The van der Waals surface area contributed by atoms with Gasteiger partial charge in [-0.3, -0.25) is 9.59 Å². The molecular weight excluding hydrogens is 354 g/mol. The Kier molecular flexibility index (Phi) is 6.21. The molecule has 0 aliphatic rings. The van der Waals surface area contributed by atoms with E-state index in [2.05, 4.69) is 10.2 Å². The fourth-order valence-corrected chi connectivity index (χ4v) is 3.24. The van der Waals surface area contributed by atoms with E-state index in [-0.39, 0.29) is 11.5 Å². The normalized spacial score (nSPS) is 12.1. The lowest BCUT2D eigenvalue weighted by atomic mass is 10.00. The second-order valence-corrected chi connectivity index (χ2v) is 6.94. The number of aryl methyl sites for hydroxylation is 1. The number of carbonyl (C=O) groups is 1. The average Bonchev–Trinajstić information content (AvgIpc) is 2.72. The number of ether oxygens (including phenoxy) is 1. The van der Waals surface area contributed by atoms with Gasteiger partial charge in [0.1, 0.15) is 0 Å². The number of aromatic amines is 1. The maximum absolute atomic E-state index is 13.3. The number of nitrogens with zero attached hydrogens (tertiary/aromatic N) is 2. The Hall–Kier alpha value is -2.99. The van der Waals surface area contributed by atoms with Gasteiger partial charge in [0.05, 0.1) is 23.6 Å². The Balaban J connectivity index is 1.90. The zero-order chi connectivity index (χ0) is 20.1. The Labute approximate surface area is 164 Å². The molecule has 0 spiro atoms. The third kappa shape index (κ3) is 4.28. The largest absolute Gasteiger partial charge is 0.383 e. The fourth-order valence-electron chi connectivity index (χ4n) is 3.24. The van der Waals surface area contributed by atoms with E-state index in [0.29, 0.717) is 36.2 Å². The molecule has 1 amide bonds. The van der Waals surface area contributed by atoms with Crippen molar-refractivity contribution in [3.63, 3.8) is 0 Å². The van der Waals surface area contributed by atoms with E-state index < -0.39 is 5.92 Å². The van der Waals surface area contributed by atoms with Crippen LogP contribution in [-0.4, -0.2) is 41.3 Å². The molecule has 0 saturated carbocycles. The molecule has 1 atom stereocenters. The van der Waals surface area contributed by atoms with Gasteiger partial charge in [-0.05, 0) is 25.5 Å². The molecule has 6 heteroatoms. The summed E-state index contributed by atoms with van der Waals surface area (Å²) in [6, 6.07) is 15.3. The third-order valence-electron chi connectivity index (χ3n) is 4.88. The number of benzene rings is 2. The molecule has 0 saturated heterocycles. The van der Waals surface area contributed by atoms with Gasteiger partial charge in [-0.2, -0.15) is 5.10 Å². The fraction of sp³-hybridized carbons (Fsp3) is 0.318. The predicted octanol–water partition coefficient (Wildman–Crippen LogP) is 3.01. The number of rotatable bonds is 7. The van der Waals surface area contributed by atoms with E-state index >= 15 is 0 Å². The highest BCUT2D eigenvalue weighted by Crippen LogP contribution is 2.23. The summed E-state index contributed by atoms with van der Waals surface area (Å²) in [6.45, 7) is 5.28. The summed E-state index contributed by atoms with van der Waals surface area (Å²) >= 11 is 0. The number of methoxy groups -OCH3 is 1. The molecule has 3 aromatic rings. The van der Waals surface area contributed by atoms with E-state index in [1.54, 1.807) is 24.1 Å². The van der Waals surface area contributed by atoms with Crippen molar-refractivity contribution >= 4 is 16.7 Å². The molecule has 0 radical (unpaired) electrons. The van der Waals surface area contributed by atoms with Gasteiger partial charge in [-0.1, -0.05) is 48.0 Å². The van der Waals surface area contributed by atoms with Crippen LogP contribution >= 0.6 is 0 Å². The maximum atomic E-state index is 13.3. The number of amides is 1. The van der Waals surface area contributed by atoms with Crippen molar-refractivity contribution in [3.8, 4) is 0 Å². The second kappa shape index (κ2) is 8.80. The molecule has 3 rings (SSSR count). The van der Waals surface area contributed by atoms with Gasteiger partial charge >= 0.3 is 0 Å².